The first-order chi connectivity index (χ1) is 6.85. The van der Waals surface area contributed by atoms with Gasteiger partial charge in [-0.1, -0.05) is 19.3 Å². The van der Waals surface area contributed by atoms with Crippen LogP contribution in [0.1, 0.15) is 38.5 Å². The lowest BCUT2D eigenvalue weighted by molar-refractivity contribution is 0.207. The Morgan fingerprint density at radius 2 is 2.07 bits per heavy atom. The Labute approximate surface area is 84.4 Å². The van der Waals surface area contributed by atoms with Crippen molar-refractivity contribution in [2.75, 3.05) is 6.54 Å². The van der Waals surface area contributed by atoms with E-state index in [1.807, 2.05) is 0 Å². The van der Waals surface area contributed by atoms with Gasteiger partial charge < -0.3 is 5.73 Å². The maximum atomic E-state index is 5.89. The van der Waals surface area contributed by atoms with Crippen LogP contribution in [0.2, 0.25) is 0 Å². The van der Waals surface area contributed by atoms with E-state index in [0.717, 1.165) is 18.8 Å². The lowest BCUT2D eigenvalue weighted by Gasteiger charge is -2.35. The minimum Gasteiger partial charge on any atom is -0.330 e. The van der Waals surface area contributed by atoms with Crippen LogP contribution in [0.3, 0.4) is 0 Å². The molecule has 1 aliphatic heterocycles. The van der Waals surface area contributed by atoms with Gasteiger partial charge in [0, 0.05) is 6.42 Å². The van der Waals surface area contributed by atoms with Crippen LogP contribution in [-0.2, 0) is 0 Å². The number of hydrazone groups is 1. The first-order valence-electron chi connectivity index (χ1n) is 5.37. The van der Waals surface area contributed by atoms with Crippen LogP contribution in [0, 0.1) is 5.41 Å². The maximum Gasteiger partial charge on any atom is 0.140 e. The second-order valence-corrected chi connectivity index (χ2v) is 4.36. The fourth-order valence-corrected chi connectivity index (χ4v) is 2.42. The van der Waals surface area contributed by atoms with Crippen LogP contribution in [0.15, 0.2) is 5.10 Å². The number of hydrazine groups is 2. The fourth-order valence-electron chi connectivity index (χ4n) is 2.42. The highest BCUT2D eigenvalue weighted by atomic mass is 15.8. The lowest BCUT2D eigenvalue weighted by Crippen LogP contribution is -2.40. The van der Waals surface area contributed by atoms with Gasteiger partial charge in [-0.3, -0.25) is 5.43 Å². The van der Waals surface area contributed by atoms with Crippen molar-refractivity contribution in [3.63, 3.8) is 0 Å². The summed E-state index contributed by atoms with van der Waals surface area (Å²) in [5.41, 5.74) is 14.6. The van der Waals surface area contributed by atoms with Crippen LogP contribution >= 0.6 is 0 Å². The smallest absolute Gasteiger partial charge is 0.140 e. The van der Waals surface area contributed by atoms with Crippen molar-refractivity contribution in [3.05, 3.63) is 0 Å². The van der Waals surface area contributed by atoms with Crippen molar-refractivity contribution < 1.29 is 0 Å². The van der Waals surface area contributed by atoms with E-state index >= 15 is 0 Å². The van der Waals surface area contributed by atoms with E-state index in [-0.39, 0.29) is 5.41 Å². The molecule has 0 bridgehead atoms. The summed E-state index contributed by atoms with van der Waals surface area (Å²) in [6.45, 7) is 0.772. The predicted octanol–water partition coefficient (Wildman–Crippen LogP) is 0.212. The topological polar surface area (TPSA) is 74.5 Å². The van der Waals surface area contributed by atoms with E-state index in [4.69, 9.17) is 5.73 Å². The van der Waals surface area contributed by atoms with Crippen molar-refractivity contribution in [1.29, 1.82) is 0 Å². The van der Waals surface area contributed by atoms with Crippen molar-refractivity contribution >= 4 is 5.84 Å². The lowest BCUT2D eigenvalue weighted by atomic mass is 9.71. The number of hydrogen-bond donors (Lipinski definition) is 4. The molecule has 0 radical (unpaired) electrons. The van der Waals surface area contributed by atoms with Gasteiger partial charge >= 0.3 is 0 Å². The summed E-state index contributed by atoms with van der Waals surface area (Å²) in [6, 6.07) is 0. The van der Waals surface area contributed by atoms with Gasteiger partial charge in [0.25, 0.3) is 0 Å². The van der Waals surface area contributed by atoms with Crippen molar-refractivity contribution in [1.82, 2.24) is 16.5 Å². The number of rotatable bonds is 3. The molecule has 0 amide bonds. The van der Waals surface area contributed by atoms with Crippen LogP contribution in [0.4, 0.5) is 0 Å². The van der Waals surface area contributed by atoms with Gasteiger partial charge in [-0.2, -0.15) is 0 Å². The third-order valence-electron chi connectivity index (χ3n) is 3.34. The number of amidine groups is 1. The first kappa shape index (κ1) is 9.73. The van der Waals surface area contributed by atoms with Crippen molar-refractivity contribution in [2.45, 2.75) is 38.5 Å². The third kappa shape index (κ3) is 1.99. The SMILES string of the molecule is NCC1(CC2=NNNN2)CCCCC1. The standard InChI is InChI=1S/C9H19N5/c10-7-9(4-2-1-3-5-9)6-8-11-13-14-12-8/h13-14H,1-7,10H2,(H,11,12). The molecule has 1 heterocycles. The van der Waals surface area contributed by atoms with E-state index in [0.29, 0.717) is 0 Å². The summed E-state index contributed by atoms with van der Waals surface area (Å²) in [7, 11) is 0. The maximum absolute atomic E-state index is 5.89. The molecular formula is C9H19N5. The van der Waals surface area contributed by atoms with Gasteiger partial charge in [-0.15, -0.1) is 10.6 Å². The molecule has 0 aromatic heterocycles. The van der Waals surface area contributed by atoms with Crippen LogP contribution in [-0.4, -0.2) is 12.4 Å². The number of nitrogens with two attached hydrogens (primary N) is 1. The average molecular weight is 197 g/mol. The van der Waals surface area contributed by atoms with Gasteiger partial charge in [0.2, 0.25) is 0 Å². The molecule has 1 aliphatic carbocycles. The third-order valence-corrected chi connectivity index (χ3v) is 3.34. The average Bonchev–Trinajstić information content (AvgIpc) is 2.72. The van der Waals surface area contributed by atoms with Crippen LogP contribution in [0.5, 0.6) is 0 Å². The summed E-state index contributed by atoms with van der Waals surface area (Å²) < 4.78 is 0. The highest BCUT2D eigenvalue weighted by Crippen LogP contribution is 2.38. The Kier molecular flexibility index (Phi) is 2.88. The summed E-state index contributed by atoms with van der Waals surface area (Å²) >= 11 is 0. The zero-order valence-corrected chi connectivity index (χ0v) is 8.47. The summed E-state index contributed by atoms with van der Waals surface area (Å²) in [5.74, 6) is 0.984. The molecular weight excluding hydrogens is 178 g/mol. The summed E-state index contributed by atoms with van der Waals surface area (Å²) in [6.07, 6.45) is 7.42. The Bertz CT molecular complexity index is 219. The highest BCUT2D eigenvalue weighted by molar-refractivity contribution is 5.83. The molecule has 5 heteroatoms. The molecule has 14 heavy (non-hydrogen) atoms. The van der Waals surface area contributed by atoms with Crippen LogP contribution < -0.4 is 22.2 Å². The summed E-state index contributed by atoms with van der Waals surface area (Å²) in [5, 5.41) is 4.11. The molecule has 0 atom stereocenters. The molecule has 1 fully saturated rings. The Morgan fingerprint density at radius 1 is 1.29 bits per heavy atom. The second-order valence-electron chi connectivity index (χ2n) is 4.36. The normalized spacial score (nSPS) is 25.1. The van der Waals surface area contributed by atoms with Crippen molar-refractivity contribution in [2.24, 2.45) is 16.3 Å². The quantitative estimate of drug-likeness (QED) is 0.522. The van der Waals surface area contributed by atoms with Crippen molar-refractivity contribution in [3.8, 4) is 0 Å². The second kappa shape index (κ2) is 4.14. The highest BCUT2D eigenvalue weighted by Gasteiger charge is 2.32. The molecule has 0 spiro atoms. The molecule has 0 aromatic carbocycles. The number of nitrogens with zero attached hydrogens (tertiary/aromatic N) is 1. The van der Waals surface area contributed by atoms with E-state index in [2.05, 4.69) is 21.6 Å². The van der Waals surface area contributed by atoms with E-state index < -0.39 is 0 Å². The molecule has 0 aromatic rings. The van der Waals surface area contributed by atoms with Gasteiger partial charge in [-0.05, 0) is 24.8 Å². The summed E-state index contributed by atoms with van der Waals surface area (Å²) in [4.78, 5) is 0. The molecule has 5 N–H and O–H groups in total. The number of nitrogens with one attached hydrogen (secondary N) is 3. The van der Waals surface area contributed by atoms with Gasteiger partial charge in [0.15, 0.2) is 0 Å². The van der Waals surface area contributed by atoms with Gasteiger partial charge in [-0.25, -0.2) is 5.53 Å². The van der Waals surface area contributed by atoms with E-state index in [1.54, 1.807) is 0 Å². The molecule has 2 aliphatic rings. The molecule has 1 saturated carbocycles. The van der Waals surface area contributed by atoms with E-state index in [1.165, 1.54) is 32.1 Å². The van der Waals surface area contributed by atoms with Gasteiger partial charge in [0.1, 0.15) is 5.84 Å². The largest absolute Gasteiger partial charge is 0.330 e. The zero-order valence-electron chi connectivity index (χ0n) is 8.47. The minimum atomic E-state index is 0.289. The van der Waals surface area contributed by atoms with Crippen LogP contribution in [0.25, 0.3) is 0 Å². The number of hydrogen-bond acceptors (Lipinski definition) is 5. The molecule has 0 saturated heterocycles. The molecule has 0 unspecified atom stereocenters. The molecule has 5 nitrogen and oxygen atoms in total. The van der Waals surface area contributed by atoms with Gasteiger partial charge in [0.05, 0.1) is 0 Å². The predicted molar refractivity (Wildman–Crippen MR) is 56.0 cm³/mol. The minimum absolute atomic E-state index is 0.289. The monoisotopic (exact) mass is 197 g/mol. The Morgan fingerprint density at radius 3 is 2.64 bits per heavy atom. The first-order valence-corrected chi connectivity index (χ1v) is 5.37. The fraction of sp³-hybridized carbons (Fsp3) is 0.889. The Hall–Kier alpha value is -0.810. The molecule has 2 rings (SSSR count). The molecule has 80 valence electrons. The zero-order chi connectivity index (χ0) is 9.86. The van der Waals surface area contributed by atoms with E-state index in [9.17, 15) is 0 Å². The Balaban J connectivity index is 1.96.